The Morgan fingerprint density at radius 3 is 2.76 bits per heavy atom. The number of hydrogen-bond acceptors (Lipinski definition) is 8. The Morgan fingerprint density at radius 1 is 1.30 bits per heavy atom. The third-order valence-electron chi connectivity index (χ3n) is 5.22. The Balaban J connectivity index is 1.53. The lowest BCUT2D eigenvalue weighted by molar-refractivity contribution is -0.384. The predicted molar refractivity (Wildman–Crippen MR) is 128 cm³/mol. The van der Waals surface area contributed by atoms with Crippen molar-refractivity contribution in [2.75, 3.05) is 24.5 Å². The second kappa shape index (κ2) is 9.92. The summed E-state index contributed by atoms with van der Waals surface area (Å²) in [6.07, 6.45) is 4.04. The minimum Gasteiger partial charge on any atom is -0.356 e. The highest BCUT2D eigenvalue weighted by molar-refractivity contribution is 7.99. The number of rotatable bonds is 8. The SMILES string of the molecule is CC(C)Sc1nc(N2CCCC2)c2cnn(CCNC(=O)c3cc([N+](=O)[O-])ccc3Cl)c2n1. The van der Waals surface area contributed by atoms with Crippen molar-refractivity contribution in [1.29, 1.82) is 0 Å². The molecule has 0 radical (unpaired) electrons. The van der Waals surface area contributed by atoms with E-state index in [0.717, 1.165) is 42.8 Å². The van der Waals surface area contributed by atoms with Gasteiger partial charge in [0.25, 0.3) is 11.6 Å². The first-order valence-electron chi connectivity index (χ1n) is 10.7. The number of halogens is 1. The van der Waals surface area contributed by atoms with Crippen LogP contribution in [0.1, 0.15) is 37.0 Å². The summed E-state index contributed by atoms with van der Waals surface area (Å²) in [7, 11) is 0. The summed E-state index contributed by atoms with van der Waals surface area (Å²) < 4.78 is 1.75. The molecule has 0 atom stereocenters. The maximum absolute atomic E-state index is 12.6. The Morgan fingerprint density at radius 2 is 2.06 bits per heavy atom. The lowest BCUT2D eigenvalue weighted by atomic mass is 10.2. The van der Waals surface area contributed by atoms with Crippen molar-refractivity contribution in [3.8, 4) is 0 Å². The number of amides is 1. The van der Waals surface area contributed by atoms with E-state index in [1.54, 1.807) is 22.6 Å². The normalized spacial score (nSPS) is 13.8. The third-order valence-corrected chi connectivity index (χ3v) is 6.41. The average Bonchev–Trinajstić information content (AvgIpc) is 3.43. The van der Waals surface area contributed by atoms with Crippen molar-refractivity contribution >= 4 is 51.8 Å². The molecular formula is C21H24ClN7O3S. The molecule has 1 fully saturated rings. The van der Waals surface area contributed by atoms with Crippen molar-refractivity contribution in [3.63, 3.8) is 0 Å². The number of nitro benzene ring substituents is 1. The molecule has 174 valence electrons. The summed E-state index contributed by atoms with van der Waals surface area (Å²) in [5.74, 6) is 0.419. The molecular weight excluding hydrogens is 466 g/mol. The Bertz CT molecular complexity index is 1190. The van der Waals surface area contributed by atoms with E-state index in [0.29, 0.717) is 17.0 Å². The van der Waals surface area contributed by atoms with Gasteiger partial charge in [-0.2, -0.15) is 5.10 Å². The van der Waals surface area contributed by atoms with E-state index in [1.807, 2.05) is 0 Å². The lowest BCUT2D eigenvalue weighted by Gasteiger charge is -2.18. The van der Waals surface area contributed by atoms with E-state index >= 15 is 0 Å². The molecule has 0 bridgehead atoms. The minimum atomic E-state index is -0.562. The maximum atomic E-state index is 12.6. The number of anilines is 1. The lowest BCUT2D eigenvalue weighted by Crippen LogP contribution is -2.28. The molecule has 2 aromatic heterocycles. The summed E-state index contributed by atoms with van der Waals surface area (Å²) in [5.41, 5.74) is 0.590. The zero-order chi connectivity index (χ0) is 23.5. The van der Waals surface area contributed by atoms with Crippen LogP contribution in [-0.2, 0) is 6.54 Å². The molecule has 1 aromatic carbocycles. The van der Waals surface area contributed by atoms with E-state index in [2.05, 4.69) is 29.2 Å². The molecule has 1 N–H and O–H groups in total. The fourth-order valence-corrected chi connectivity index (χ4v) is 4.59. The van der Waals surface area contributed by atoms with Gasteiger partial charge in [0.05, 0.1) is 33.6 Å². The van der Waals surface area contributed by atoms with E-state index in [-0.39, 0.29) is 22.8 Å². The first-order valence-corrected chi connectivity index (χ1v) is 12.0. The zero-order valence-electron chi connectivity index (χ0n) is 18.3. The Hall–Kier alpha value is -2.92. The predicted octanol–water partition coefficient (Wildman–Crippen LogP) is 3.92. The van der Waals surface area contributed by atoms with Crippen LogP contribution in [0.2, 0.25) is 5.02 Å². The van der Waals surface area contributed by atoms with Gasteiger partial charge in [-0.15, -0.1) is 0 Å². The number of nitrogens with one attached hydrogen (secondary N) is 1. The summed E-state index contributed by atoms with van der Waals surface area (Å²) >= 11 is 7.67. The average molecular weight is 490 g/mol. The molecule has 0 unspecified atom stereocenters. The highest BCUT2D eigenvalue weighted by Crippen LogP contribution is 2.30. The van der Waals surface area contributed by atoms with Crippen LogP contribution >= 0.6 is 23.4 Å². The molecule has 0 saturated carbocycles. The number of thioether (sulfide) groups is 1. The third kappa shape index (κ3) is 5.19. The number of carbonyl (C=O) groups is 1. The second-order valence-corrected chi connectivity index (χ2v) is 9.92. The molecule has 3 heterocycles. The van der Waals surface area contributed by atoms with Crippen molar-refractivity contribution in [2.24, 2.45) is 0 Å². The van der Waals surface area contributed by atoms with Crippen molar-refractivity contribution in [2.45, 2.75) is 43.6 Å². The smallest absolute Gasteiger partial charge is 0.270 e. The van der Waals surface area contributed by atoms with Crippen LogP contribution in [0, 0.1) is 10.1 Å². The van der Waals surface area contributed by atoms with E-state index in [9.17, 15) is 14.9 Å². The van der Waals surface area contributed by atoms with Gasteiger partial charge in [0, 0.05) is 37.0 Å². The topological polar surface area (TPSA) is 119 Å². The van der Waals surface area contributed by atoms with Crippen LogP contribution in [0.4, 0.5) is 11.5 Å². The fourth-order valence-electron chi connectivity index (χ4n) is 3.69. The summed E-state index contributed by atoms with van der Waals surface area (Å²) in [4.78, 5) is 34.8. The molecule has 1 aliphatic rings. The molecule has 1 amide bonds. The van der Waals surface area contributed by atoms with Gasteiger partial charge in [-0.3, -0.25) is 14.9 Å². The second-order valence-electron chi connectivity index (χ2n) is 7.97. The molecule has 4 rings (SSSR count). The van der Waals surface area contributed by atoms with E-state index in [1.165, 1.54) is 18.2 Å². The number of nitrogens with zero attached hydrogens (tertiary/aromatic N) is 6. The maximum Gasteiger partial charge on any atom is 0.270 e. The number of hydrogen-bond donors (Lipinski definition) is 1. The molecule has 1 aliphatic heterocycles. The van der Waals surface area contributed by atoms with Gasteiger partial charge in [0.15, 0.2) is 10.8 Å². The van der Waals surface area contributed by atoms with Gasteiger partial charge < -0.3 is 10.2 Å². The van der Waals surface area contributed by atoms with Crippen LogP contribution in [0.5, 0.6) is 0 Å². The minimum absolute atomic E-state index is 0.0606. The van der Waals surface area contributed by atoms with Crippen molar-refractivity contribution in [1.82, 2.24) is 25.1 Å². The summed E-state index contributed by atoms with van der Waals surface area (Å²) in [6, 6.07) is 3.78. The largest absolute Gasteiger partial charge is 0.356 e. The van der Waals surface area contributed by atoms with Crippen LogP contribution in [0.3, 0.4) is 0 Å². The Labute approximate surface area is 199 Å². The quantitative estimate of drug-likeness (QED) is 0.219. The first kappa shape index (κ1) is 23.2. The number of nitro groups is 1. The van der Waals surface area contributed by atoms with Crippen LogP contribution in [0.25, 0.3) is 11.0 Å². The summed E-state index contributed by atoms with van der Waals surface area (Å²) in [5, 5.41) is 20.3. The molecule has 12 heteroatoms. The monoisotopic (exact) mass is 489 g/mol. The zero-order valence-corrected chi connectivity index (χ0v) is 19.9. The highest BCUT2D eigenvalue weighted by Gasteiger charge is 2.21. The summed E-state index contributed by atoms with van der Waals surface area (Å²) in [6.45, 7) is 6.75. The van der Waals surface area contributed by atoms with Crippen LogP contribution in [0.15, 0.2) is 29.6 Å². The highest BCUT2D eigenvalue weighted by atomic mass is 35.5. The number of benzene rings is 1. The van der Waals surface area contributed by atoms with Crippen molar-refractivity contribution in [3.05, 3.63) is 45.1 Å². The van der Waals surface area contributed by atoms with E-state index < -0.39 is 10.8 Å². The fraction of sp³-hybridized carbons (Fsp3) is 0.429. The number of non-ortho nitro benzene ring substituents is 1. The van der Waals surface area contributed by atoms with Crippen LogP contribution in [-0.4, -0.2) is 55.5 Å². The van der Waals surface area contributed by atoms with Gasteiger partial charge in [-0.05, 0) is 18.9 Å². The van der Waals surface area contributed by atoms with Gasteiger partial charge in [-0.1, -0.05) is 37.2 Å². The number of aromatic nitrogens is 4. The number of carbonyl (C=O) groups excluding carboxylic acids is 1. The molecule has 0 aliphatic carbocycles. The molecule has 33 heavy (non-hydrogen) atoms. The van der Waals surface area contributed by atoms with Gasteiger partial charge >= 0.3 is 0 Å². The Kier molecular flexibility index (Phi) is 6.99. The molecule has 1 saturated heterocycles. The van der Waals surface area contributed by atoms with Gasteiger partial charge in [-0.25, -0.2) is 14.6 Å². The number of fused-ring (bicyclic) bond motifs is 1. The van der Waals surface area contributed by atoms with Gasteiger partial charge in [0.2, 0.25) is 0 Å². The van der Waals surface area contributed by atoms with Crippen molar-refractivity contribution < 1.29 is 9.72 Å². The van der Waals surface area contributed by atoms with Crippen LogP contribution < -0.4 is 10.2 Å². The standard InChI is InChI=1S/C21H24ClN7O3S/c1-13(2)33-21-25-18(27-8-3-4-9-27)16-12-24-28(19(16)26-21)10-7-23-20(30)15-11-14(29(31)32)5-6-17(15)22/h5-6,11-13H,3-4,7-10H2,1-2H3,(H,23,30). The van der Waals surface area contributed by atoms with E-state index in [4.69, 9.17) is 21.6 Å². The van der Waals surface area contributed by atoms with Gasteiger partial charge in [0.1, 0.15) is 5.82 Å². The molecule has 0 spiro atoms. The first-order chi connectivity index (χ1) is 15.8. The molecule has 3 aromatic rings. The molecule has 10 nitrogen and oxygen atoms in total.